The molecule has 136 valence electrons. The molecule has 7 heteroatoms. The molecule has 1 rings (SSSR count). The van der Waals surface area contributed by atoms with E-state index in [1.54, 1.807) is 12.1 Å². The molecule has 0 spiro atoms. The molecule has 2 N–H and O–H groups in total. The average molecular weight is 348 g/mol. The van der Waals surface area contributed by atoms with Crippen LogP contribution < -0.4 is 10.6 Å². The molecule has 0 aliphatic carbocycles. The molecular weight excluding hydrogens is 324 g/mol. The van der Waals surface area contributed by atoms with E-state index in [-0.39, 0.29) is 23.7 Å². The summed E-state index contributed by atoms with van der Waals surface area (Å²) in [7, 11) is 0. The van der Waals surface area contributed by atoms with Crippen LogP contribution in [0.25, 0.3) is 0 Å². The minimum atomic E-state index is -0.930. The highest BCUT2D eigenvalue weighted by molar-refractivity contribution is 6.44. The number of Topliss-reactive ketones (excluding diaryl/α,β-unsaturated/α-hetero) is 1. The van der Waals surface area contributed by atoms with E-state index >= 15 is 0 Å². The predicted octanol–water partition coefficient (Wildman–Crippen LogP) is 2.07. The Morgan fingerprint density at radius 2 is 1.76 bits per heavy atom. The van der Waals surface area contributed by atoms with Gasteiger partial charge in [-0.05, 0) is 18.6 Å². The van der Waals surface area contributed by atoms with Crippen molar-refractivity contribution in [3.8, 4) is 0 Å². The van der Waals surface area contributed by atoms with E-state index in [0.29, 0.717) is 6.61 Å². The highest BCUT2D eigenvalue weighted by Crippen LogP contribution is 2.15. The summed E-state index contributed by atoms with van der Waals surface area (Å²) in [6.07, 6.45) is 3.92. The van der Waals surface area contributed by atoms with Crippen LogP contribution >= 0.6 is 0 Å². The van der Waals surface area contributed by atoms with Crippen LogP contribution in [0.4, 0.5) is 5.69 Å². The number of unbranched alkanes of at least 4 members (excludes halogenated alkanes) is 3. The average Bonchev–Trinajstić information content (AvgIpc) is 2.59. The fourth-order valence-electron chi connectivity index (χ4n) is 2.10. The van der Waals surface area contributed by atoms with Gasteiger partial charge >= 0.3 is 5.97 Å². The summed E-state index contributed by atoms with van der Waals surface area (Å²) in [4.78, 5) is 46.8. The number of carbonyl (C=O) groups excluding carboxylic acids is 4. The largest absolute Gasteiger partial charge is 0.464 e. The van der Waals surface area contributed by atoms with Gasteiger partial charge in [-0.1, -0.05) is 38.3 Å². The molecule has 0 atom stereocenters. The van der Waals surface area contributed by atoms with Gasteiger partial charge in [0.1, 0.15) is 6.54 Å². The van der Waals surface area contributed by atoms with Gasteiger partial charge in [0.05, 0.1) is 17.9 Å². The Morgan fingerprint density at radius 1 is 1.04 bits per heavy atom. The van der Waals surface area contributed by atoms with E-state index in [2.05, 4.69) is 17.6 Å². The number of rotatable bonds is 10. The summed E-state index contributed by atoms with van der Waals surface area (Å²) in [5.74, 6) is -2.71. The first kappa shape index (κ1) is 20.3. The van der Waals surface area contributed by atoms with Gasteiger partial charge in [0.2, 0.25) is 5.91 Å². The van der Waals surface area contributed by atoms with Gasteiger partial charge in [-0.3, -0.25) is 19.2 Å². The van der Waals surface area contributed by atoms with Crippen LogP contribution in [0.5, 0.6) is 0 Å². The van der Waals surface area contributed by atoms with Gasteiger partial charge in [-0.25, -0.2) is 0 Å². The zero-order valence-electron chi connectivity index (χ0n) is 14.6. The number of nitrogens with one attached hydrogen (secondary N) is 2. The minimum Gasteiger partial charge on any atom is -0.464 e. The van der Waals surface area contributed by atoms with E-state index in [1.165, 1.54) is 19.1 Å². The summed E-state index contributed by atoms with van der Waals surface area (Å²) in [6.45, 7) is 3.31. The highest BCUT2D eigenvalue weighted by atomic mass is 16.5. The summed E-state index contributed by atoms with van der Waals surface area (Å²) in [6, 6.07) is 6.16. The molecule has 1 aromatic rings. The lowest BCUT2D eigenvalue weighted by Crippen LogP contribution is -2.36. The number of hydrogen-bond donors (Lipinski definition) is 2. The fraction of sp³-hybridized carbons (Fsp3) is 0.444. The van der Waals surface area contributed by atoms with Gasteiger partial charge < -0.3 is 15.4 Å². The molecule has 1 aromatic carbocycles. The smallest absolute Gasteiger partial charge is 0.325 e. The van der Waals surface area contributed by atoms with Crippen molar-refractivity contribution < 1.29 is 23.9 Å². The van der Waals surface area contributed by atoms with E-state index in [0.717, 1.165) is 25.7 Å². The second kappa shape index (κ2) is 11.0. The van der Waals surface area contributed by atoms with E-state index < -0.39 is 17.7 Å². The van der Waals surface area contributed by atoms with Crippen molar-refractivity contribution in [3.63, 3.8) is 0 Å². The summed E-state index contributed by atoms with van der Waals surface area (Å²) < 4.78 is 4.98. The Kier molecular flexibility index (Phi) is 8.92. The van der Waals surface area contributed by atoms with Crippen LogP contribution in [0.15, 0.2) is 24.3 Å². The maximum absolute atomic E-state index is 12.2. The molecule has 25 heavy (non-hydrogen) atoms. The molecule has 2 amide bonds. The van der Waals surface area contributed by atoms with Gasteiger partial charge in [0.25, 0.3) is 11.7 Å². The first-order chi connectivity index (χ1) is 12.0. The van der Waals surface area contributed by atoms with Gasteiger partial charge in [-0.15, -0.1) is 0 Å². The molecule has 0 bridgehead atoms. The molecule has 7 nitrogen and oxygen atoms in total. The summed E-state index contributed by atoms with van der Waals surface area (Å²) >= 11 is 0. The summed E-state index contributed by atoms with van der Waals surface area (Å²) in [5.41, 5.74) is 0.303. The number of benzene rings is 1. The first-order valence-corrected chi connectivity index (χ1v) is 8.30. The SMILES string of the molecule is CCCCCCOC(=O)CNC(=O)C(=O)c1ccccc1NC(C)=O. The maximum atomic E-state index is 12.2. The zero-order valence-corrected chi connectivity index (χ0v) is 14.6. The van der Waals surface area contributed by atoms with Crippen molar-refractivity contribution >= 4 is 29.3 Å². The third kappa shape index (κ3) is 7.60. The van der Waals surface area contributed by atoms with Crippen LogP contribution in [-0.4, -0.2) is 36.7 Å². The zero-order chi connectivity index (χ0) is 18.7. The number of anilines is 1. The monoisotopic (exact) mass is 348 g/mol. The molecular formula is C18H24N2O5. The highest BCUT2D eigenvalue weighted by Gasteiger charge is 2.20. The maximum Gasteiger partial charge on any atom is 0.325 e. The minimum absolute atomic E-state index is 0.0585. The number of ether oxygens (including phenoxy) is 1. The van der Waals surface area contributed by atoms with Crippen LogP contribution in [0, 0.1) is 0 Å². The van der Waals surface area contributed by atoms with Crippen LogP contribution in [0.3, 0.4) is 0 Å². The number of ketones is 1. The van der Waals surface area contributed by atoms with Gasteiger partial charge in [0, 0.05) is 6.92 Å². The third-order valence-corrected chi connectivity index (χ3v) is 3.34. The van der Waals surface area contributed by atoms with Gasteiger partial charge in [0.15, 0.2) is 0 Å². The van der Waals surface area contributed by atoms with Crippen LogP contribution in [-0.2, 0) is 19.1 Å². The van der Waals surface area contributed by atoms with E-state index in [9.17, 15) is 19.2 Å². The van der Waals surface area contributed by atoms with Crippen molar-refractivity contribution in [1.29, 1.82) is 0 Å². The van der Waals surface area contributed by atoms with E-state index in [4.69, 9.17) is 4.74 Å². The molecule has 0 aliphatic heterocycles. The molecule has 0 aliphatic rings. The molecule has 0 radical (unpaired) electrons. The van der Waals surface area contributed by atoms with Gasteiger partial charge in [-0.2, -0.15) is 0 Å². The Balaban J connectivity index is 2.48. The van der Waals surface area contributed by atoms with Crippen molar-refractivity contribution in [2.24, 2.45) is 0 Å². The van der Waals surface area contributed by atoms with Crippen molar-refractivity contribution in [2.75, 3.05) is 18.5 Å². The van der Waals surface area contributed by atoms with E-state index in [1.807, 2.05) is 0 Å². The molecule has 0 heterocycles. The van der Waals surface area contributed by atoms with Crippen LogP contribution in [0.2, 0.25) is 0 Å². The molecule has 0 saturated heterocycles. The Bertz CT molecular complexity index is 628. The van der Waals surface area contributed by atoms with Crippen LogP contribution in [0.1, 0.15) is 49.9 Å². The molecule has 0 aromatic heterocycles. The fourth-order valence-corrected chi connectivity index (χ4v) is 2.10. The number of para-hydroxylation sites is 1. The predicted molar refractivity (Wildman–Crippen MR) is 93.2 cm³/mol. The normalized spacial score (nSPS) is 10.0. The number of carbonyl (C=O) groups is 4. The quantitative estimate of drug-likeness (QED) is 0.292. The Labute approximate surface area is 147 Å². The second-order valence-corrected chi connectivity index (χ2v) is 5.52. The second-order valence-electron chi connectivity index (χ2n) is 5.52. The lowest BCUT2D eigenvalue weighted by Gasteiger charge is -2.09. The first-order valence-electron chi connectivity index (χ1n) is 8.30. The molecule has 0 unspecified atom stereocenters. The van der Waals surface area contributed by atoms with Crippen molar-refractivity contribution in [2.45, 2.75) is 39.5 Å². The standard InChI is InChI=1S/C18H24N2O5/c1-3-4-5-8-11-25-16(22)12-19-18(24)17(23)14-9-6-7-10-15(14)20-13(2)21/h6-7,9-10H,3-5,8,11-12H2,1-2H3,(H,19,24)(H,20,21). The molecule has 0 fully saturated rings. The topological polar surface area (TPSA) is 102 Å². The Hall–Kier alpha value is -2.70. The number of esters is 1. The molecule has 0 saturated carbocycles. The Morgan fingerprint density at radius 3 is 2.44 bits per heavy atom. The summed E-state index contributed by atoms with van der Waals surface area (Å²) in [5, 5.41) is 4.72. The van der Waals surface area contributed by atoms with Crippen molar-refractivity contribution in [3.05, 3.63) is 29.8 Å². The number of amides is 2. The lowest BCUT2D eigenvalue weighted by molar-refractivity contribution is -0.143. The third-order valence-electron chi connectivity index (χ3n) is 3.34. The van der Waals surface area contributed by atoms with Crippen molar-refractivity contribution in [1.82, 2.24) is 5.32 Å². The lowest BCUT2D eigenvalue weighted by atomic mass is 10.1. The number of hydrogen-bond acceptors (Lipinski definition) is 5.